The summed E-state index contributed by atoms with van der Waals surface area (Å²) in [5, 5.41) is 26.8. The van der Waals surface area contributed by atoms with Crippen molar-refractivity contribution in [1.29, 1.82) is 0 Å². The van der Waals surface area contributed by atoms with Crippen molar-refractivity contribution in [2.45, 2.75) is 50.2 Å². The number of amides is 2. The number of nitroso groups, excluding NO2 is 1. The van der Waals surface area contributed by atoms with Gasteiger partial charge in [-0.25, -0.2) is 0 Å². The molecule has 1 aliphatic rings. The van der Waals surface area contributed by atoms with Crippen molar-refractivity contribution in [3.8, 4) is 0 Å². The Kier molecular flexibility index (Phi) is 14.6. The summed E-state index contributed by atoms with van der Waals surface area (Å²) in [6.07, 6.45) is 0.334. The number of carbonyl (C=O) groups excluding carboxylic acids is 2. The first-order chi connectivity index (χ1) is 12.5. The largest absolute Gasteiger partial charge is 0.394 e. The molecule has 1 heterocycles. The Morgan fingerprint density at radius 3 is 2.69 bits per heavy atom. The first-order valence-corrected chi connectivity index (χ1v) is 8.48. The molecule has 0 radical (unpaired) electrons. The van der Waals surface area contributed by atoms with Gasteiger partial charge in [-0.1, -0.05) is 5.18 Å². The van der Waals surface area contributed by atoms with Gasteiger partial charge in [-0.2, -0.15) is 4.91 Å². The number of nitrogens with one attached hydrogen (secondary N) is 2. The minimum absolute atomic E-state index is 0.215. The molecular formula is C15H30N4O7. The van der Waals surface area contributed by atoms with Crippen molar-refractivity contribution in [2.75, 3.05) is 33.4 Å². The van der Waals surface area contributed by atoms with Crippen LogP contribution in [0.1, 0.15) is 25.7 Å². The van der Waals surface area contributed by atoms with E-state index in [2.05, 4.69) is 15.8 Å². The summed E-state index contributed by atoms with van der Waals surface area (Å²) in [5.41, 5.74) is 4.88. The maximum Gasteiger partial charge on any atom is 0.217 e. The van der Waals surface area contributed by atoms with Gasteiger partial charge in [0.1, 0.15) is 12.1 Å². The van der Waals surface area contributed by atoms with Crippen LogP contribution >= 0.6 is 0 Å². The number of nitrogens with zero attached hydrogens (tertiary/aromatic N) is 1. The van der Waals surface area contributed by atoms with Crippen LogP contribution in [-0.2, 0) is 19.1 Å². The summed E-state index contributed by atoms with van der Waals surface area (Å²) in [6.45, 7) is 1.36. The lowest BCUT2D eigenvalue weighted by Gasteiger charge is -2.35. The molecule has 11 nitrogen and oxygen atoms in total. The standard InChI is InChI=1S/C9H18N2O5.C6H12N2O2/c1-10-2-3-15-9-8(13)7(11-14)4-6(5-12)16-9;7-6(10)3-1-2-4-8-5-9/h6-10,12-13H,2-5H2,1H3;5H,1-4H2,(H2,7,10)(H,8,9). The van der Waals surface area contributed by atoms with Crippen LogP contribution in [0.5, 0.6) is 0 Å². The van der Waals surface area contributed by atoms with Crippen LogP contribution in [0.2, 0.25) is 0 Å². The number of aliphatic hydroxyl groups is 2. The molecule has 26 heavy (non-hydrogen) atoms. The lowest BCUT2D eigenvalue weighted by molar-refractivity contribution is -0.248. The van der Waals surface area contributed by atoms with E-state index in [-0.39, 0.29) is 18.9 Å². The van der Waals surface area contributed by atoms with Gasteiger partial charge in [0, 0.05) is 25.9 Å². The third-order valence-electron chi connectivity index (χ3n) is 3.55. The summed E-state index contributed by atoms with van der Waals surface area (Å²) < 4.78 is 10.5. The van der Waals surface area contributed by atoms with Gasteiger partial charge in [0.25, 0.3) is 0 Å². The summed E-state index contributed by atoms with van der Waals surface area (Å²) in [6, 6.07) is -0.787. The Morgan fingerprint density at radius 1 is 1.42 bits per heavy atom. The number of likely N-dealkylation sites (N-methyl/N-ethyl adjacent to an activating group) is 1. The quantitative estimate of drug-likeness (QED) is 0.150. The SMILES string of the molecule is CNCCOC1OC(CO)CC(N=O)C1O.NC(=O)CCCCNC=O. The van der Waals surface area contributed by atoms with Crippen molar-refractivity contribution in [3.63, 3.8) is 0 Å². The topological polar surface area (TPSA) is 173 Å². The van der Waals surface area contributed by atoms with E-state index in [1.807, 2.05) is 0 Å². The van der Waals surface area contributed by atoms with E-state index in [0.717, 1.165) is 12.8 Å². The fraction of sp³-hybridized carbons (Fsp3) is 0.867. The second kappa shape index (κ2) is 15.6. The molecule has 1 saturated heterocycles. The molecule has 0 bridgehead atoms. The predicted octanol–water partition coefficient (Wildman–Crippen LogP) is -1.79. The second-order valence-electron chi connectivity index (χ2n) is 5.68. The first kappa shape index (κ1) is 24.3. The average Bonchev–Trinajstić information content (AvgIpc) is 2.63. The highest BCUT2D eigenvalue weighted by Crippen LogP contribution is 2.23. The number of ether oxygens (including phenoxy) is 2. The van der Waals surface area contributed by atoms with Gasteiger partial charge < -0.3 is 36.1 Å². The summed E-state index contributed by atoms with van der Waals surface area (Å²) >= 11 is 0. The van der Waals surface area contributed by atoms with E-state index in [0.29, 0.717) is 32.5 Å². The number of aliphatic hydroxyl groups excluding tert-OH is 2. The van der Waals surface area contributed by atoms with Crippen molar-refractivity contribution >= 4 is 12.3 Å². The van der Waals surface area contributed by atoms with Crippen LogP contribution in [0, 0.1) is 4.91 Å². The van der Waals surface area contributed by atoms with E-state index in [9.17, 15) is 19.6 Å². The number of unbranched alkanes of at least 4 members (excludes halogenated alkanes) is 1. The van der Waals surface area contributed by atoms with Crippen molar-refractivity contribution in [1.82, 2.24) is 10.6 Å². The molecular weight excluding hydrogens is 348 g/mol. The minimum Gasteiger partial charge on any atom is -0.394 e. The minimum atomic E-state index is -1.07. The maximum atomic E-state index is 10.5. The third kappa shape index (κ3) is 11.1. The maximum absolute atomic E-state index is 10.5. The van der Waals surface area contributed by atoms with Gasteiger partial charge in [-0.05, 0) is 19.9 Å². The molecule has 4 unspecified atom stereocenters. The molecule has 0 aromatic rings. The summed E-state index contributed by atoms with van der Waals surface area (Å²) in [5.74, 6) is -0.286. The number of hydrogen-bond donors (Lipinski definition) is 5. The molecule has 6 N–H and O–H groups in total. The molecule has 0 aromatic carbocycles. The van der Waals surface area contributed by atoms with Crippen LogP contribution in [0.15, 0.2) is 5.18 Å². The zero-order valence-electron chi connectivity index (χ0n) is 15.0. The zero-order valence-corrected chi connectivity index (χ0v) is 15.0. The fourth-order valence-electron chi connectivity index (χ4n) is 2.14. The van der Waals surface area contributed by atoms with Gasteiger partial charge >= 0.3 is 0 Å². The summed E-state index contributed by atoms with van der Waals surface area (Å²) in [4.78, 5) is 30.4. The highest BCUT2D eigenvalue weighted by atomic mass is 16.7. The molecule has 0 aliphatic carbocycles. The zero-order chi connectivity index (χ0) is 19.8. The lowest BCUT2D eigenvalue weighted by Crippen LogP contribution is -2.50. The molecule has 2 amide bonds. The second-order valence-corrected chi connectivity index (χ2v) is 5.68. The van der Waals surface area contributed by atoms with Gasteiger partial charge in [-0.15, -0.1) is 0 Å². The Bertz CT molecular complexity index is 400. The molecule has 0 saturated carbocycles. The molecule has 0 aromatic heterocycles. The van der Waals surface area contributed by atoms with E-state index in [1.165, 1.54) is 0 Å². The highest BCUT2D eigenvalue weighted by molar-refractivity contribution is 5.73. The molecule has 1 fully saturated rings. The van der Waals surface area contributed by atoms with Crippen LogP contribution in [0.4, 0.5) is 0 Å². The molecule has 11 heteroatoms. The van der Waals surface area contributed by atoms with Crippen LogP contribution in [-0.4, -0.2) is 80.4 Å². The predicted molar refractivity (Wildman–Crippen MR) is 92.9 cm³/mol. The Labute approximate surface area is 152 Å². The molecule has 152 valence electrons. The number of nitrogens with two attached hydrogens (primary N) is 1. The fourth-order valence-corrected chi connectivity index (χ4v) is 2.14. The summed E-state index contributed by atoms with van der Waals surface area (Å²) in [7, 11) is 1.77. The molecule has 4 atom stereocenters. The third-order valence-corrected chi connectivity index (χ3v) is 3.55. The number of carbonyl (C=O) groups is 2. The van der Waals surface area contributed by atoms with Crippen LogP contribution < -0.4 is 16.4 Å². The Morgan fingerprint density at radius 2 is 2.15 bits per heavy atom. The van der Waals surface area contributed by atoms with E-state index < -0.39 is 24.5 Å². The molecule has 1 rings (SSSR count). The number of rotatable bonds is 12. The Balaban J connectivity index is 0.000000541. The highest BCUT2D eigenvalue weighted by Gasteiger charge is 2.39. The van der Waals surface area contributed by atoms with Crippen molar-refractivity contribution < 1.29 is 29.3 Å². The smallest absolute Gasteiger partial charge is 0.217 e. The van der Waals surface area contributed by atoms with E-state index in [4.69, 9.17) is 20.3 Å². The van der Waals surface area contributed by atoms with Crippen molar-refractivity contribution in [2.24, 2.45) is 10.9 Å². The van der Waals surface area contributed by atoms with Gasteiger partial charge in [0.15, 0.2) is 6.29 Å². The average molecular weight is 378 g/mol. The van der Waals surface area contributed by atoms with Crippen LogP contribution in [0.25, 0.3) is 0 Å². The van der Waals surface area contributed by atoms with Gasteiger partial charge in [0.05, 0.1) is 19.3 Å². The normalized spacial score (nSPS) is 24.9. The monoisotopic (exact) mass is 378 g/mol. The Hall–Kier alpha value is -1.66. The van der Waals surface area contributed by atoms with Crippen molar-refractivity contribution in [3.05, 3.63) is 4.91 Å². The molecule has 0 spiro atoms. The first-order valence-electron chi connectivity index (χ1n) is 8.48. The van der Waals surface area contributed by atoms with E-state index >= 15 is 0 Å². The van der Waals surface area contributed by atoms with Crippen LogP contribution in [0.3, 0.4) is 0 Å². The number of hydrogen-bond acceptors (Lipinski definition) is 9. The van der Waals surface area contributed by atoms with Gasteiger partial charge in [0.2, 0.25) is 12.3 Å². The van der Waals surface area contributed by atoms with Gasteiger partial charge in [-0.3, -0.25) is 9.59 Å². The number of primary amides is 1. The van der Waals surface area contributed by atoms with E-state index in [1.54, 1.807) is 7.05 Å². The molecule has 1 aliphatic heterocycles. The lowest BCUT2D eigenvalue weighted by atomic mass is 10.0.